The molecule has 0 saturated heterocycles. The number of rotatable bonds is 2. The van der Waals surface area contributed by atoms with Crippen molar-refractivity contribution in [2.45, 2.75) is 27.2 Å². The van der Waals surface area contributed by atoms with Crippen LogP contribution in [0.1, 0.15) is 36.7 Å². The molecule has 4 nitrogen and oxygen atoms in total. The van der Waals surface area contributed by atoms with Crippen molar-refractivity contribution >= 4 is 39.1 Å². The molecule has 1 aliphatic rings. The monoisotopic (exact) mass is 400 g/mol. The Kier molecular flexibility index (Phi) is 4.69. The Morgan fingerprint density at radius 1 is 1.12 bits per heavy atom. The topological polar surface area (TPSA) is 49.4 Å². The normalized spacial score (nSPS) is 13.5. The summed E-state index contributed by atoms with van der Waals surface area (Å²) in [6.45, 7) is 6.46. The van der Waals surface area contributed by atoms with Crippen molar-refractivity contribution in [2.24, 2.45) is 5.41 Å². The first-order valence-electron chi connectivity index (χ1n) is 8.27. The van der Waals surface area contributed by atoms with Crippen LogP contribution in [0, 0.1) is 5.41 Å². The van der Waals surface area contributed by atoms with E-state index < -0.39 is 5.41 Å². The van der Waals surface area contributed by atoms with Gasteiger partial charge in [-0.05, 0) is 42.3 Å². The zero-order chi connectivity index (χ0) is 18.2. The summed E-state index contributed by atoms with van der Waals surface area (Å²) < 4.78 is 0.857. The van der Waals surface area contributed by atoms with Crippen molar-refractivity contribution in [1.29, 1.82) is 0 Å². The van der Waals surface area contributed by atoms with Crippen molar-refractivity contribution in [3.05, 3.63) is 58.1 Å². The predicted molar refractivity (Wildman–Crippen MR) is 104 cm³/mol. The Bertz CT molecular complexity index is 840. The van der Waals surface area contributed by atoms with Gasteiger partial charge in [0.05, 0.1) is 0 Å². The van der Waals surface area contributed by atoms with Crippen LogP contribution in [0.4, 0.5) is 11.4 Å². The lowest BCUT2D eigenvalue weighted by Crippen LogP contribution is -2.38. The van der Waals surface area contributed by atoms with Gasteiger partial charge in [0.25, 0.3) is 5.91 Å². The third-order valence-corrected chi connectivity index (χ3v) is 4.71. The first-order valence-corrected chi connectivity index (χ1v) is 9.07. The summed E-state index contributed by atoms with van der Waals surface area (Å²) in [5.74, 6) is -0.0744. The van der Waals surface area contributed by atoms with Crippen LogP contribution in [-0.2, 0) is 11.2 Å². The van der Waals surface area contributed by atoms with Crippen LogP contribution in [0.15, 0.2) is 46.9 Å². The number of amides is 2. The lowest BCUT2D eigenvalue weighted by atomic mass is 9.94. The first kappa shape index (κ1) is 17.7. The SMILES string of the molecule is CC(C)(C)C(=O)N1CCc2ccc(NC(=O)c3cccc(Br)c3)cc21. The van der Waals surface area contributed by atoms with Gasteiger partial charge in [0.15, 0.2) is 0 Å². The summed E-state index contributed by atoms with van der Waals surface area (Å²) in [6, 6.07) is 13.0. The van der Waals surface area contributed by atoms with Crippen LogP contribution in [0.25, 0.3) is 0 Å². The molecule has 0 saturated carbocycles. The second kappa shape index (κ2) is 6.64. The molecule has 0 aromatic heterocycles. The van der Waals surface area contributed by atoms with Gasteiger partial charge >= 0.3 is 0 Å². The quantitative estimate of drug-likeness (QED) is 0.797. The maximum atomic E-state index is 12.7. The number of carbonyl (C=O) groups excluding carboxylic acids is 2. The fourth-order valence-electron chi connectivity index (χ4n) is 2.91. The number of nitrogens with one attached hydrogen (secondary N) is 1. The minimum Gasteiger partial charge on any atom is -0.322 e. The number of anilines is 2. The molecular weight excluding hydrogens is 380 g/mol. The van der Waals surface area contributed by atoms with Crippen molar-refractivity contribution in [3.63, 3.8) is 0 Å². The average Bonchev–Trinajstić information content (AvgIpc) is 2.96. The number of carbonyl (C=O) groups is 2. The summed E-state index contributed by atoms with van der Waals surface area (Å²) in [4.78, 5) is 26.9. The minimum absolute atomic E-state index is 0.0988. The highest BCUT2D eigenvalue weighted by Gasteiger charge is 2.32. The van der Waals surface area contributed by atoms with E-state index in [1.807, 2.05) is 56.0 Å². The summed E-state index contributed by atoms with van der Waals surface area (Å²) in [7, 11) is 0. The highest BCUT2D eigenvalue weighted by atomic mass is 79.9. The molecule has 5 heteroatoms. The van der Waals surface area contributed by atoms with E-state index >= 15 is 0 Å². The second-order valence-electron chi connectivity index (χ2n) is 7.26. The summed E-state index contributed by atoms with van der Waals surface area (Å²) >= 11 is 3.37. The Balaban J connectivity index is 1.84. The van der Waals surface area contributed by atoms with Crippen LogP contribution >= 0.6 is 15.9 Å². The van der Waals surface area contributed by atoms with E-state index in [4.69, 9.17) is 0 Å². The lowest BCUT2D eigenvalue weighted by Gasteiger charge is -2.26. The molecule has 3 rings (SSSR count). The van der Waals surface area contributed by atoms with Gasteiger partial charge in [-0.3, -0.25) is 9.59 Å². The molecule has 2 amide bonds. The smallest absolute Gasteiger partial charge is 0.255 e. The van der Waals surface area contributed by atoms with E-state index in [2.05, 4.69) is 21.2 Å². The number of fused-ring (bicyclic) bond motifs is 1. The van der Waals surface area contributed by atoms with E-state index in [1.54, 1.807) is 12.1 Å². The molecule has 1 aliphatic heterocycles. The highest BCUT2D eigenvalue weighted by molar-refractivity contribution is 9.10. The molecule has 130 valence electrons. The third-order valence-electron chi connectivity index (χ3n) is 4.21. The van der Waals surface area contributed by atoms with Gasteiger partial charge in [-0.25, -0.2) is 0 Å². The van der Waals surface area contributed by atoms with Crippen molar-refractivity contribution < 1.29 is 9.59 Å². The molecule has 1 heterocycles. The number of halogens is 1. The van der Waals surface area contributed by atoms with Crippen LogP contribution in [0.2, 0.25) is 0 Å². The predicted octanol–water partition coefficient (Wildman–Crippen LogP) is 4.64. The molecule has 0 spiro atoms. The number of hydrogen-bond acceptors (Lipinski definition) is 2. The Morgan fingerprint density at radius 2 is 1.88 bits per heavy atom. The molecule has 1 N–H and O–H groups in total. The zero-order valence-corrected chi connectivity index (χ0v) is 16.2. The zero-order valence-electron chi connectivity index (χ0n) is 14.6. The molecule has 2 aromatic rings. The lowest BCUT2D eigenvalue weighted by molar-refractivity contribution is -0.125. The van der Waals surface area contributed by atoms with Crippen molar-refractivity contribution in [2.75, 3.05) is 16.8 Å². The standard InChI is InChI=1S/C20H21BrN2O2/c1-20(2,3)19(25)23-10-9-13-7-8-16(12-17(13)23)22-18(24)14-5-4-6-15(21)11-14/h4-8,11-12H,9-10H2,1-3H3,(H,22,24). The summed E-state index contributed by atoms with van der Waals surface area (Å²) in [6.07, 6.45) is 0.844. The van der Waals surface area contributed by atoms with Gasteiger partial charge in [0, 0.05) is 33.4 Å². The van der Waals surface area contributed by atoms with Gasteiger partial charge in [-0.15, -0.1) is 0 Å². The average molecular weight is 401 g/mol. The van der Waals surface area contributed by atoms with Crippen LogP contribution in [-0.4, -0.2) is 18.4 Å². The summed E-state index contributed by atoms with van der Waals surface area (Å²) in [5.41, 5.74) is 2.87. The maximum absolute atomic E-state index is 12.7. The Hall–Kier alpha value is -2.14. The van der Waals surface area contributed by atoms with Gasteiger partial charge in [-0.2, -0.15) is 0 Å². The molecule has 0 fully saturated rings. The van der Waals surface area contributed by atoms with Gasteiger partial charge < -0.3 is 10.2 Å². The fourth-order valence-corrected chi connectivity index (χ4v) is 3.31. The van der Waals surface area contributed by atoms with Crippen molar-refractivity contribution in [1.82, 2.24) is 0 Å². The molecular formula is C20H21BrN2O2. The highest BCUT2D eigenvalue weighted by Crippen LogP contribution is 2.34. The van der Waals surface area contributed by atoms with Crippen LogP contribution in [0.3, 0.4) is 0 Å². The molecule has 0 aliphatic carbocycles. The van der Waals surface area contributed by atoms with E-state index in [-0.39, 0.29) is 11.8 Å². The molecule has 0 radical (unpaired) electrons. The Labute approximate surface area is 156 Å². The second-order valence-corrected chi connectivity index (χ2v) is 8.18. The fraction of sp³-hybridized carbons (Fsp3) is 0.300. The minimum atomic E-state index is -0.433. The van der Waals surface area contributed by atoms with E-state index in [0.717, 1.165) is 22.1 Å². The molecule has 2 aromatic carbocycles. The largest absolute Gasteiger partial charge is 0.322 e. The van der Waals surface area contributed by atoms with Crippen molar-refractivity contribution in [3.8, 4) is 0 Å². The maximum Gasteiger partial charge on any atom is 0.255 e. The van der Waals surface area contributed by atoms with E-state index in [1.165, 1.54) is 0 Å². The van der Waals surface area contributed by atoms with Gasteiger partial charge in [0.2, 0.25) is 5.91 Å². The summed E-state index contributed by atoms with van der Waals surface area (Å²) in [5, 5.41) is 2.92. The molecule has 0 bridgehead atoms. The van der Waals surface area contributed by atoms with Gasteiger partial charge in [0.1, 0.15) is 0 Å². The van der Waals surface area contributed by atoms with Crippen LogP contribution in [0.5, 0.6) is 0 Å². The number of benzene rings is 2. The molecule has 0 atom stereocenters. The molecule has 25 heavy (non-hydrogen) atoms. The van der Waals surface area contributed by atoms with E-state index in [0.29, 0.717) is 17.8 Å². The molecule has 0 unspecified atom stereocenters. The third kappa shape index (κ3) is 3.76. The number of hydrogen-bond donors (Lipinski definition) is 1. The number of nitrogens with zero attached hydrogens (tertiary/aromatic N) is 1. The Morgan fingerprint density at radius 3 is 2.56 bits per heavy atom. The van der Waals surface area contributed by atoms with Gasteiger partial charge in [-0.1, -0.05) is 48.8 Å². The van der Waals surface area contributed by atoms with E-state index in [9.17, 15) is 9.59 Å². The first-order chi connectivity index (χ1) is 11.8. The van der Waals surface area contributed by atoms with Crippen LogP contribution < -0.4 is 10.2 Å².